The number of alkyl halides is 1. The molecule has 1 heterocycles. The molecule has 18 heavy (non-hydrogen) atoms. The molecule has 0 saturated carbocycles. The van der Waals surface area contributed by atoms with Crippen molar-refractivity contribution in [1.29, 1.82) is 0 Å². The molecule has 1 aromatic heterocycles. The van der Waals surface area contributed by atoms with Crippen molar-refractivity contribution >= 4 is 28.6 Å². The molecule has 0 N–H and O–H groups in total. The highest BCUT2D eigenvalue weighted by molar-refractivity contribution is 7.09. The van der Waals surface area contributed by atoms with E-state index >= 15 is 0 Å². The normalized spacial score (nSPS) is 10.6. The lowest BCUT2D eigenvalue weighted by molar-refractivity contribution is 0.882. The topological polar surface area (TPSA) is 3.24 Å². The maximum Gasteiger partial charge on any atom is 0.0494 e. The molecular formula is C15H18ClNS. The van der Waals surface area contributed by atoms with Gasteiger partial charge in [0.2, 0.25) is 0 Å². The molecule has 0 atom stereocenters. The lowest BCUT2D eigenvalue weighted by Gasteiger charge is -2.22. The SMILES string of the molecule is Cc1ccc(N(C)CCc2cccs2)c(CCl)c1. The molecule has 0 aliphatic rings. The zero-order valence-corrected chi connectivity index (χ0v) is 12.4. The summed E-state index contributed by atoms with van der Waals surface area (Å²) < 4.78 is 0. The summed E-state index contributed by atoms with van der Waals surface area (Å²) in [5.74, 6) is 0.570. The Morgan fingerprint density at radius 2 is 2.11 bits per heavy atom. The average molecular weight is 280 g/mol. The van der Waals surface area contributed by atoms with Crippen LogP contribution in [0.1, 0.15) is 16.0 Å². The number of rotatable bonds is 5. The standard InChI is InChI=1S/C15H18ClNS/c1-12-5-6-15(13(10-12)11-16)17(2)8-7-14-4-3-9-18-14/h3-6,9-10H,7-8,11H2,1-2H3. The monoisotopic (exact) mass is 279 g/mol. The van der Waals surface area contributed by atoms with E-state index in [1.165, 1.54) is 21.7 Å². The van der Waals surface area contributed by atoms with Crippen LogP contribution in [0, 0.1) is 6.92 Å². The summed E-state index contributed by atoms with van der Waals surface area (Å²) in [6.07, 6.45) is 1.09. The smallest absolute Gasteiger partial charge is 0.0494 e. The lowest BCUT2D eigenvalue weighted by Crippen LogP contribution is -2.21. The van der Waals surface area contributed by atoms with Crippen LogP contribution in [0.25, 0.3) is 0 Å². The van der Waals surface area contributed by atoms with Gasteiger partial charge in [0.25, 0.3) is 0 Å². The van der Waals surface area contributed by atoms with E-state index in [0.29, 0.717) is 5.88 Å². The number of halogens is 1. The second kappa shape index (κ2) is 6.26. The highest BCUT2D eigenvalue weighted by Gasteiger charge is 2.07. The molecule has 0 amide bonds. The van der Waals surface area contributed by atoms with Crippen LogP contribution in [0.3, 0.4) is 0 Å². The molecular weight excluding hydrogens is 262 g/mol. The summed E-state index contributed by atoms with van der Waals surface area (Å²) in [5.41, 5.74) is 3.72. The van der Waals surface area contributed by atoms with Gasteiger partial charge in [0, 0.05) is 30.0 Å². The van der Waals surface area contributed by atoms with Crippen molar-refractivity contribution in [2.24, 2.45) is 0 Å². The first-order valence-electron chi connectivity index (χ1n) is 6.09. The van der Waals surface area contributed by atoms with Crippen LogP contribution in [0.15, 0.2) is 35.7 Å². The molecule has 0 unspecified atom stereocenters. The van der Waals surface area contributed by atoms with Gasteiger partial charge in [0.05, 0.1) is 0 Å². The van der Waals surface area contributed by atoms with Crippen molar-refractivity contribution in [3.63, 3.8) is 0 Å². The van der Waals surface area contributed by atoms with Crippen LogP contribution in [0.2, 0.25) is 0 Å². The third kappa shape index (κ3) is 3.27. The Morgan fingerprint density at radius 1 is 1.28 bits per heavy atom. The Bertz CT molecular complexity index is 493. The van der Waals surface area contributed by atoms with E-state index in [4.69, 9.17) is 11.6 Å². The summed E-state index contributed by atoms with van der Waals surface area (Å²) in [6, 6.07) is 10.8. The molecule has 0 bridgehead atoms. The minimum Gasteiger partial charge on any atom is -0.374 e. The van der Waals surface area contributed by atoms with Crippen molar-refractivity contribution in [3.8, 4) is 0 Å². The molecule has 0 aliphatic heterocycles. The van der Waals surface area contributed by atoms with E-state index in [2.05, 4.69) is 54.6 Å². The fraction of sp³-hybridized carbons (Fsp3) is 0.333. The summed E-state index contributed by atoms with van der Waals surface area (Å²) in [5, 5.41) is 2.13. The second-order valence-corrected chi connectivity index (χ2v) is 5.82. The fourth-order valence-electron chi connectivity index (χ4n) is 2.05. The molecule has 0 aliphatic carbocycles. The predicted molar refractivity (Wildman–Crippen MR) is 82.0 cm³/mol. The summed E-state index contributed by atoms with van der Waals surface area (Å²) in [7, 11) is 2.13. The summed E-state index contributed by atoms with van der Waals surface area (Å²) >= 11 is 7.84. The lowest BCUT2D eigenvalue weighted by atomic mass is 10.1. The molecule has 1 nitrogen and oxygen atoms in total. The van der Waals surface area contributed by atoms with Crippen molar-refractivity contribution in [2.75, 3.05) is 18.5 Å². The van der Waals surface area contributed by atoms with Gasteiger partial charge in [-0.1, -0.05) is 23.8 Å². The highest BCUT2D eigenvalue weighted by atomic mass is 35.5. The molecule has 2 rings (SSSR count). The summed E-state index contributed by atoms with van der Waals surface area (Å²) in [4.78, 5) is 3.72. The Morgan fingerprint density at radius 3 is 2.78 bits per heavy atom. The van der Waals surface area contributed by atoms with E-state index in [9.17, 15) is 0 Å². The molecule has 0 spiro atoms. The van der Waals surface area contributed by atoms with E-state index in [1.54, 1.807) is 0 Å². The third-order valence-electron chi connectivity index (χ3n) is 3.06. The van der Waals surface area contributed by atoms with Crippen molar-refractivity contribution in [3.05, 3.63) is 51.7 Å². The maximum absolute atomic E-state index is 6.02. The number of aryl methyl sites for hydroxylation is 1. The van der Waals surface area contributed by atoms with E-state index in [1.807, 2.05) is 11.3 Å². The van der Waals surface area contributed by atoms with Gasteiger partial charge in [0.15, 0.2) is 0 Å². The van der Waals surface area contributed by atoms with E-state index in [-0.39, 0.29) is 0 Å². The zero-order chi connectivity index (χ0) is 13.0. The fourth-order valence-corrected chi connectivity index (χ4v) is 2.96. The number of benzene rings is 1. The molecule has 96 valence electrons. The molecule has 1 aromatic carbocycles. The van der Waals surface area contributed by atoms with Gasteiger partial charge in [0.1, 0.15) is 0 Å². The maximum atomic E-state index is 6.02. The molecule has 2 aromatic rings. The van der Waals surface area contributed by atoms with Crippen LogP contribution < -0.4 is 4.90 Å². The van der Waals surface area contributed by atoms with Gasteiger partial charge in [-0.2, -0.15) is 0 Å². The van der Waals surface area contributed by atoms with E-state index < -0.39 is 0 Å². The van der Waals surface area contributed by atoms with Gasteiger partial charge >= 0.3 is 0 Å². The number of anilines is 1. The largest absolute Gasteiger partial charge is 0.374 e. The predicted octanol–water partition coefficient (Wildman–Crippen LogP) is 4.47. The first kappa shape index (κ1) is 13.4. The number of likely N-dealkylation sites (N-methyl/N-ethyl adjacent to an activating group) is 1. The molecule has 0 radical (unpaired) electrons. The number of nitrogens with zero attached hydrogens (tertiary/aromatic N) is 1. The Hall–Kier alpha value is -0.990. The van der Waals surface area contributed by atoms with Gasteiger partial charge in [-0.15, -0.1) is 22.9 Å². The minimum absolute atomic E-state index is 0.570. The van der Waals surface area contributed by atoms with E-state index in [0.717, 1.165) is 13.0 Å². The molecule has 0 fully saturated rings. The minimum atomic E-state index is 0.570. The average Bonchev–Trinajstić information content (AvgIpc) is 2.88. The van der Waals surface area contributed by atoms with Crippen molar-refractivity contribution < 1.29 is 0 Å². The van der Waals surface area contributed by atoms with Crippen LogP contribution in [-0.4, -0.2) is 13.6 Å². The van der Waals surface area contributed by atoms with Gasteiger partial charge in [-0.25, -0.2) is 0 Å². The van der Waals surface area contributed by atoms with Crippen molar-refractivity contribution in [1.82, 2.24) is 0 Å². The highest BCUT2D eigenvalue weighted by Crippen LogP contribution is 2.23. The number of hydrogen-bond acceptors (Lipinski definition) is 2. The van der Waals surface area contributed by atoms with Crippen LogP contribution in [-0.2, 0) is 12.3 Å². The molecule has 3 heteroatoms. The number of hydrogen-bond donors (Lipinski definition) is 0. The third-order valence-corrected chi connectivity index (χ3v) is 4.29. The first-order chi connectivity index (χ1) is 8.70. The Labute approximate surface area is 118 Å². The van der Waals surface area contributed by atoms with Crippen molar-refractivity contribution in [2.45, 2.75) is 19.2 Å². The van der Waals surface area contributed by atoms with Crippen LogP contribution in [0.5, 0.6) is 0 Å². The Kier molecular flexibility index (Phi) is 4.67. The van der Waals surface area contributed by atoms with Gasteiger partial charge < -0.3 is 4.90 Å². The quantitative estimate of drug-likeness (QED) is 0.730. The number of thiophene rings is 1. The first-order valence-corrected chi connectivity index (χ1v) is 7.51. The Balaban J connectivity index is 2.06. The summed E-state index contributed by atoms with van der Waals surface area (Å²) in [6.45, 7) is 3.12. The van der Waals surface area contributed by atoms with Crippen LogP contribution in [0.4, 0.5) is 5.69 Å². The molecule has 0 saturated heterocycles. The van der Waals surface area contributed by atoms with Gasteiger partial charge in [-0.05, 0) is 36.4 Å². The zero-order valence-electron chi connectivity index (χ0n) is 10.8. The second-order valence-electron chi connectivity index (χ2n) is 4.52. The van der Waals surface area contributed by atoms with Crippen LogP contribution >= 0.6 is 22.9 Å². The van der Waals surface area contributed by atoms with Gasteiger partial charge in [-0.3, -0.25) is 0 Å².